The summed E-state index contributed by atoms with van der Waals surface area (Å²) in [5.74, 6) is 0. The Kier molecular flexibility index (Phi) is 4.65. The van der Waals surface area contributed by atoms with E-state index < -0.39 is 0 Å². The summed E-state index contributed by atoms with van der Waals surface area (Å²) in [6.07, 6.45) is 2.13. The summed E-state index contributed by atoms with van der Waals surface area (Å²) in [6, 6.07) is 14.3. The second kappa shape index (κ2) is 6.45. The van der Waals surface area contributed by atoms with Crippen molar-refractivity contribution in [3.05, 3.63) is 42.5 Å². The molecule has 2 aromatic carbocycles. The molecule has 2 aromatic rings. The third-order valence-electron chi connectivity index (χ3n) is 2.73. The average molecular weight is 259 g/mol. The molecule has 18 heavy (non-hydrogen) atoms. The van der Waals surface area contributed by atoms with Crippen LogP contribution in [0.5, 0.6) is 0 Å². The predicted molar refractivity (Wildman–Crippen MR) is 78.1 cm³/mol. The first kappa shape index (κ1) is 13.0. The van der Waals surface area contributed by atoms with E-state index in [1.807, 2.05) is 18.2 Å². The first-order chi connectivity index (χ1) is 8.79. The van der Waals surface area contributed by atoms with Gasteiger partial charge in [0.25, 0.3) is 5.24 Å². The van der Waals surface area contributed by atoms with Gasteiger partial charge < -0.3 is 5.32 Å². The zero-order chi connectivity index (χ0) is 12.8. The van der Waals surface area contributed by atoms with Crippen molar-refractivity contribution in [3.8, 4) is 0 Å². The van der Waals surface area contributed by atoms with Gasteiger partial charge in [0.15, 0.2) is 0 Å². The minimum Gasteiger partial charge on any atom is -0.347 e. The van der Waals surface area contributed by atoms with Crippen LogP contribution < -0.4 is 5.32 Å². The Hall–Kier alpha value is -1.48. The highest BCUT2D eigenvalue weighted by Crippen LogP contribution is 2.23. The van der Waals surface area contributed by atoms with Crippen molar-refractivity contribution in [1.29, 1.82) is 0 Å². The predicted octanol–water partition coefficient (Wildman–Crippen LogP) is 4.44. The van der Waals surface area contributed by atoms with E-state index >= 15 is 0 Å². The van der Waals surface area contributed by atoms with E-state index in [2.05, 4.69) is 36.5 Å². The van der Waals surface area contributed by atoms with E-state index in [1.165, 1.54) is 22.5 Å². The molecule has 2 nitrogen and oxygen atoms in total. The third-order valence-corrected chi connectivity index (χ3v) is 3.55. The molecule has 0 aliphatic carbocycles. The lowest BCUT2D eigenvalue weighted by molar-refractivity contribution is 0.260. The fourth-order valence-corrected chi connectivity index (χ4v) is 2.45. The smallest absolute Gasteiger partial charge is 0.283 e. The number of amides is 1. The molecule has 1 N–H and O–H groups in total. The Morgan fingerprint density at radius 3 is 2.72 bits per heavy atom. The molecule has 0 aliphatic rings. The van der Waals surface area contributed by atoms with Crippen LogP contribution in [0.3, 0.4) is 0 Å². The number of rotatable bonds is 4. The maximum absolute atomic E-state index is 11.7. The van der Waals surface area contributed by atoms with Gasteiger partial charge in [-0.25, -0.2) is 0 Å². The normalized spacial score (nSPS) is 10.5. The van der Waals surface area contributed by atoms with Crippen LogP contribution in [-0.2, 0) is 0 Å². The zero-order valence-electron chi connectivity index (χ0n) is 10.5. The second-order valence-electron chi connectivity index (χ2n) is 4.18. The van der Waals surface area contributed by atoms with Crippen LogP contribution in [0.4, 0.5) is 4.79 Å². The van der Waals surface area contributed by atoms with Crippen molar-refractivity contribution < 1.29 is 4.79 Å². The van der Waals surface area contributed by atoms with Crippen molar-refractivity contribution >= 4 is 27.8 Å². The minimum atomic E-state index is 0.0266. The van der Waals surface area contributed by atoms with Gasteiger partial charge in [0.2, 0.25) is 0 Å². The largest absolute Gasteiger partial charge is 0.347 e. The second-order valence-corrected chi connectivity index (χ2v) is 5.23. The van der Waals surface area contributed by atoms with Gasteiger partial charge in [-0.1, -0.05) is 43.7 Å². The fourth-order valence-electron chi connectivity index (χ4n) is 1.74. The Morgan fingerprint density at radius 2 is 1.94 bits per heavy atom. The van der Waals surface area contributed by atoms with E-state index in [-0.39, 0.29) is 5.24 Å². The highest BCUT2D eigenvalue weighted by Gasteiger charge is 2.04. The molecule has 0 fully saturated rings. The number of benzene rings is 2. The van der Waals surface area contributed by atoms with Gasteiger partial charge >= 0.3 is 0 Å². The molecule has 0 atom stereocenters. The number of unbranched alkanes of at least 4 members (excludes halogenated alkanes) is 1. The molecule has 0 heterocycles. The van der Waals surface area contributed by atoms with Crippen molar-refractivity contribution in [2.45, 2.75) is 24.7 Å². The molecule has 2 rings (SSSR count). The Labute approximate surface area is 112 Å². The maximum atomic E-state index is 11.7. The van der Waals surface area contributed by atoms with E-state index in [0.29, 0.717) is 0 Å². The number of carbonyl (C=O) groups is 1. The number of thioether (sulfide) groups is 1. The molecule has 3 heteroatoms. The van der Waals surface area contributed by atoms with Gasteiger partial charge in [-0.05, 0) is 41.1 Å². The molecule has 0 aliphatic heterocycles. The molecular formula is C15H17NOS. The molecule has 94 valence electrons. The van der Waals surface area contributed by atoms with Crippen LogP contribution >= 0.6 is 11.8 Å². The van der Waals surface area contributed by atoms with Crippen LogP contribution in [0.1, 0.15) is 19.8 Å². The third kappa shape index (κ3) is 3.50. The lowest BCUT2D eigenvalue weighted by Crippen LogP contribution is -2.19. The van der Waals surface area contributed by atoms with Gasteiger partial charge in [-0.2, -0.15) is 0 Å². The van der Waals surface area contributed by atoms with Crippen molar-refractivity contribution in [2.24, 2.45) is 0 Å². The highest BCUT2D eigenvalue weighted by molar-refractivity contribution is 8.13. The molecule has 0 saturated heterocycles. The van der Waals surface area contributed by atoms with Gasteiger partial charge in [0.05, 0.1) is 0 Å². The SMILES string of the molecule is CCCCNC(=O)Sc1ccc2ccccc2c1. The summed E-state index contributed by atoms with van der Waals surface area (Å²) in [7, 11) is 0. The highest BCUT2D eigenvalue weighted by atomic mass is 32.2. The lowest BCUT2D eigenvalue weighted by atomic mass is 10.1. The standard InChI is InChI=1S/C15H17NOS/c1-2-3-10-16-15(17)18-14-9-8-12-6-4-5-7-13(12)11-14/h4-9,11H,2-3,10H2,1H3,(H,16,17). The van der Waals surface area contributed by atoms with E-state index in [9.17, 15) is 4.79 Å². The van der Waals surface area contributed by atoms with Gasteiger partial charge in [-0.15, -0.1) is 0 Å². The summed E-state index contributed by atoms with van der Waals surface area (Å²) < 4.78 is 0. The zero-order valence-corrected chi connectivity index (χ0v) is 11.3. The topological polar surface area (TPSA) is 29.1 Å². The van der Waals surface area contributed by atoms with Crippen molar-refractivity contribution in [1.82, 2.24) is 5.32 Å². The first-order valence-corrected chi connectivity index (χ1v) is 7.05. The minimum absolute atomic E-state index is 0.0266. The van der Waals surface area contributed by atoms with Gasteiger partial charge in [0, 0.05) is 11.4 Å². The summed E-state index contributed by atoms with van der Waals surface area (Å²) in [4.78, 5) is 12.7. The van der Waals surface area contributed by atoms with Crippen molar-refractivity contribution in [2.75, 3.05) is 6.54 Å². The number of carbonyl (C=O) groups excluding carboxylic acids is 1. The van der Waals surface area contributed by atoms with Gasteiger partial charge in [-0.3, -0.25) is 4.79 Å². The van der Waals surface area contributed by atoms with Crippen LogP contribution in [0.2, 0.25) is 0 Å². The molecule has 0 aromatic heterocycles. The molecule has 0 spiro atoms. The molecule has 1 amide bonds. The summed E-state index contributed by atoms with van der Waals surface area (Å²) >= 11 is 1.26. The van der Waals surface area contributed by atoms with E-state index in [1.54, 1.807) is 0 Å². The maximum Gasteiger partial charge on any atom is 0.283 e. The van der Waals surface area contributed by atoms with E-state index in [4.69, 9.17) is 0 Å². The molecule has 0 bridgehead atoms. The first-order valence-electron chi connectivity index (χ1n) is 6.24. The fraction of sp³-hybridized carbons (Fsp3) is 0.267. The van der Waals surface area contributed by atoms with Crippen LogP contribution in [0.25, 0.3) is 10.8 Å². The number of nitrogens with one attached hydrogen (secondary N) is 1. The summed E-state index contributed by atoms with van der Waals surface area (Å²) in [6.45, 7) is 2.87. The summed E-state index contributed by atoms with van der Waals surface area (Å²) in [5, 5.41) is 5.30. The number of hydrogen-bond donors (Lipinski definition) is 1. The molecule has 0 unspecified atom stereocenters. The average Bonchev–Trinajstić information content (AvgIpc) is 2.39. The Balaban J connectivity index is 2.01. The molecule has 0 saturated carbocycles. The van der Waals surface area contributed by atoms with Crippen LogP contribution in [0, 0.1) is 0 Å². The quantitative estimate of drug-likeness (QED) is 0.649. The van der Waals surface area contributed by atoms with Gasteiger partial charge in [0.1, 0.15) is 0 Å². The van der Waals surface area contributed by atoms with Crippen molar-refractivity contribution in [3.63, 3.8) is 0 Å². The lowest BCUT2D eigenvalue weighted by Gasteiger charge is -2.04. The van der Waals surface area contributed by atoms with Crippen LogP contribution in [-0.4, -0.2) is 11.8 Å². The Morgan fingerprint density at radius 1 is 1.17 bits per heavy atom. The number of fused-ring (bicyclic) bond motifs is 1. The van der Waals surface area contributed by atoms with Crippen LogP contribution in [0.15, 0.2) is 47.4 Å². The number of hydrogen-bond acceptors (Lipinski definition) is 2. The summed E-state index contributed by atoms with van der Waals surface area (Å²) in [5.41, 5.74) is 0. The molecule has 0 radical (unpaired) electrons. The monoisotopic (exact) mass is 259 g/mol. The molecular weight excluding hydrogens is 242 g/mol. The van der Waals surface area contributed by atoms with E-state index in [0.717, 1.165) is 24.3 Å². The Bertz CT molecular complexity index is 539.